The van der Waals surface area contributed by atoms with Crippen molar-refractivity contribution in [1.29, 1.82) is 0 Å². The van der Waals surface area contributed by atoms with E-state index in [1.54, 1.807) is 0 Å². The molecule has 0 saturated heterocycles. The number of benzene rings is 4. The van der Waals surface area contributed by atoms with Crippen LogP contribution in [0.4, 0.5) is 0 Å². The van der Waals surface area contributed by atoms with Gasteiger partial charge in [-0.3, -0.25) is 0 Å². The first-order chi connectivity index (χ1) is 15.6. The van der Waals surface area contributed by atoms with Gasteiger partial charge in [0, 0.05) is 0 Å². The molecule has 0 saturated carbocycles. The van der Waals surface area contributed by atoms with Crippen molar-refractivity contribution in [2.45, 2.75) is 26.7 Å². The molecule has 0 bridgehead atoms. The average Bonchev–Trinajstić information content (AvgIpc) is 2.79. The summed E-state index contributed by atoms with van der Waals surface area (Å²) in [4.78, 5) is 10.3. The second-order valence-corrected chi connectivity index (χ2v) is 8.76. The molecule has 0 amide bonds. The Labute approximate surface area is 191 Å². The Morgan fingerprint density at radius 3 is 1.31 bits per heavy atom. The highest BCUT2D eigenvalue weighted by Gasteiger charge is 2.12. The Morgan fingerprint density at radius 1 is 0.562 bits per heavy atom. The summed E-state index contributed by atoms with van der Waals surface area (Å²) in [5, 5.41) is 0. The third-order valence-electron chi connectivity index (χ3n) is 5.53. The van der Waals surface area contributed by atoms with Gasteiger partial charge in [-0.25, -0.2) is 0 Å². The van der Waals surface area contributed by atoms with Gasteiger partial charge in [-0.15, -0.1) is 0 Å². The number of hydrogen-bond acceptors (Lipinski definition) is 3. The predicted molar refractivity (Wildman–Crippen MR) is 131 cm³/mol. The Hall–Kier alpha value is -3.13. The molecule has 0 spiro atoms. The molecule has 0 fully saturated rings. The minimum absolute atomic E-state index is 0.586. The van der Waals surface area contributed by atoms with Crippen LogP contribution >= 0.6 is 8.60 Å². The van der Waals surface area contributed by atoms with Crippen molar-refractivity contribution in [3.05, 3.63) is 130 Å². The van der Waals surface area contributed by atoms with Crippen LogP contribution in [0.2, 0.25) is 0 Å². The van der Waals surface area contributed by atoms with Crippen molar-refractivity contribution >= 4 is 8.60 Å². The Bertz CT molecular complexity index is 1060. The molecule has 1 N–H and O–H groups in total. The molecular formula is C28H27O3P. The van der Waals surface area contributed by atoms with Crippen molar-refractivity contribution in [2.75, 3.05) is 0 Å². The van der Waals surface area contributed by atoms with Crippen LogP contribution in [0.15, 0.2) is 97.1 Å². The van der Waals surface area contributed by atoms with Gasteiger partial charge in [0.15, 0.2) is 0 Å². The fourth-order valence-electron chi connectivity index (χ4n) is 3.59. The van der Waals surface area contributed by atoms with E-state index >= 15 is 0 Å². The van der Waals surface area contributed by atoms with Crippen LogP contribution in [0.5, 0.6) is 11.5 Å². The summed E-state index contributed by atoms with van der Waals surface area (Å²) in [6.45, 7) is 4.25. The molecule has 32 heavy (non-hydrogen) atoms. The maximum absolute atomic E-state index is 10.3. The lowest BCUT2D eigenvalue weighted by Crippen LogP contribution is -1.96. The van der Waals surface area contributed by atoms with Crippen molar-refractivity contribution in [3.63, 3.8) is 0 Å². The van der Waals surface area contributed by atoms with Gasteiger partial charge in [0.25, 0.3) is 0 Å². The van der Waals surface area contributed by atoms with Gasteiger partial charge in [-0.2, -0.15) is 0 Å². The average molecular weight is 442 g/mol. The molecule has 4 aromatic carbocycles. The molecule has 162 valence electrons. The van der Waals surface area contributed by atoms with Crippen molar-refractivity contribution in [1.82, 2.24) is 0 Å². The molecule has 0 unspecified atom stereocenters. The van der Waals surface area contributed by atoms with Crippen LogP contribution in [0.3, 0.4) is 0 Å². The van der Waals surface area contributed by atoms with Crippen molar-refractivity contribution in [2.24, 2.45) is 0 Å². The van der Waals surface area contributed by atoms with Gasteiger partial charge in [0.05, 0.1) is 0 Å². The summed E-state index contributed by atoms with van der Waals surface area (Å²) in [7, 11) is -2.06. The minimum atomic E-state index is -2.06. The van der Waals surface area contributed by atoms with Crippen LogP contribution in [0.25, 0.3) is 0 Å². The Kier molecular flexibility index (Phi) is 7.21. The quantitative estimate of drug-likeness (QED) is 0.294. The lowest BCUT2D eigenvalue weighted by atomic mass is 10.0. The first-order valence-corrected chi connectivity index (χ1v) is 11.8. The molecule has 0 aromatic heterocycles. The Balaban J connectivity index is 1.31. The first kappa shape index (κ1) is 22.1. The highest BCUT2D eigenvalue weighted by atomic mass is 31.2. The van der Waals surface area contributed by atoms with Crippen LogP contribution in [0.1, 0.15) is 33.4 Å². The van der Waals surface area contributed by atoms with E-state index in [4.69, 9.17) is 9.05 Å². The van der Waals surface area contributed by atoms with E-state index < -0.39 is 8.60 Å². The maximum atomic E-state index is 10.3. The van der Waals surface area contributed by atoms with Gasteiger partial charge in [0.2, 0.25) is 0 Å². The zero-order valence-corrected chi connectivity index (χ0v) is 19.3. The third-order valence-corrected chi connectivity index (χ3v) is 6.26. The SMILES string of the molecule is Cc1ccccc1Cc1ccc(OP(O)Oc2ccc(Cc3ccccc3C)cc2)cc1. The summed E-state index contributed by atoms with van der Waals surface area (Å²) in [6, 6.07) is 32.3. The fraction of sp³-hybridized carbons (Fsp3) is 0.143. The molecule has 0 heterocycles. The number of aryl methyl sites for hydroxylation is 2. The molecule has 0 aliphatic heterocycles. The fourth-order valence-corrected chi connectivity index (χ4v) is 4.23. The topological polar surface area (TPSA) is 38.7 Å². The van der Waals surface area contributed by atoms with Gasteiger partial charge >= 0.3 is 8.60 Å². The van der Waals surface area contributed by atoms with E-state index in [1.807, 2.05) is 48.5 Å². The minimum Gasteiger partial charge on any atom is -0.418 e. The summed E-state index contributed by atoms with van der Waals surface area (Å²) in [6.07, 6.45) is 1.73. The zero-order valence-electron chi connectivity index (χ0n) is 18.4. The third kappa shape index (κ3) is 5.97. The van der Waals surface area contributed by atoms with Crippen LogP contribution in [-0.4, -0.2) is 4.89 Å². The molecule has 0 atom stereocenters. The lowest BCUT2D eigenvalue weighted by molar-refractivity contribution is 0.381. The summed E-state index contributed by atoms with van der Waals surface area (Å²) >= 11 is 0. The smallest absolute Gasteiger partial charge is 0.418 e. The zero-order chi connectivity index (χ0) is 22.3. The highest BCUT2D eigenvalue weighted by Crippen LogP contribution is 2.36. The first-order valence-electron chi connectivity index (χ1n) is 10.7. The summed E-state index contributed by atoms with van der Waals surface area (Å²) in [5.74, 6) is 1.17. The monoisotopic (exact) mass is 442 g/mol. The molecule has 4 aromatic rings. The lowest BCUT2D eigenvalue weighted by Gasteiger charge is -2.13. The molecule has 4 heteroatoms. The number of rotatable bonds is 8. The van der Waals surface area contributed by atoms with E-state index in [-0.39, 0.29) is 0 Å². The van der Waals surface area contributed by atoms with Crippen LogP contribution in [0, 0.1) is 13.8 Å². The van der Waals surface area contributed by atoms with Crippen molar-refractivity contribution < 1.29 is 13.9 Å². The standard InChI is InChI=1S/C28H27O3P/c1-21-7-3-5-9-25(21)19-23-11-15-27(16-12-23)30-32(29)31-28-17-13-24(14-18-28)20-26-10-6-4-8-22(26)2/h3-18,29H,19-20H2,1-2H3. The molecule has 0 aliphatic carbocycles. The summed E-state index contributed by atoms with van der Waals surface area (Å²) < 4.78 is 11.2. The molecule has 4 rings (SSSR count). The normalized spacial score (nSPS) is 10.9. The van der Waals surface area contributed by atoms with Gasteiger partial charge in [-0.1, -0.05) is 72.8 Å². The highest BCUT2D eigenvalue weighted by molar-refractivity contribution is 7.41. The largest absolute Gasteiger partial charge is 0.460 e. The Morgan fingerprint density at radius 2 is 0.938 bits per heavy atom. The molecule has 0 radical (unpaired) electrons. The van der Waals surface area contributed by atoms with E-state index in [0.717, 1.165) is 12.8 Å². The summed E-state index contributed by atoms with van der Waals surface area (Å²) in [5.41, 5.74) is 7.56. The molecular weight excluding hydrogens is 415 g/mol. The van der Waals surface area contributed by atoms with Gasteiger partial charge in [0.1, 0.15) is 11.5 Å². The van der Waals surface area contributed by atoms with Crippen LogP contribution < -0.4 is 9.05 Å². The van der Waals surface area contributed by atoms with E-state index in [0.29, 0.717) is 11.5 Å². The van der Waals surface area contributed by atoms with E-state index in [9.17, 15) is 4.89 Å². The predicted octanol–water partition coefficient (Wildman–Crippen LogP) is 7.16. The van der Waals surface area contributed by atoms with E-state index in [2.05, 4.69) is 62.4 Å². The van der Waals surface area contributed by atoms with Gasteiger partial charge in [-0.05, 0) is 84.3 Å². The molecule has 3 nitrogen and oxygen atoms in total. The second kappa shape index (κ2) is 10.5. The number of hydrogen-bond donors (Lipinski definition) is 1. The maximum Gasteiger partial charge on any atom is 0.460 e. The van der Waals surface area contributed by atoms with E-state index in [1.165, 1.54) is 33.4 Å². The van der Waals surface area contributed by atoms with Crippen molar-refractivity contribution in [3.8, 4) is 11.5 Å². The second-order valence-electron chi connectivity index (χ2n) is 7.91. The van der Waals surface area contributed by atoms with Crippen LogP contribution in [-0.2, 0) is 12.8 Å². The van der Waals surface area contributed by atoms with Gasteiger partial charge < -0.3 is 13.9 Å². The molecule has 0 aliphatic rings.